The van der Waals surface area contributed by atoms with Crippen molar-refractivity contribution in [3.63, 3.8) is 0 Å². The Kier molecular flexibility index (Phi) is 3.63. The summed E-state index contributed by atoms with van der Waals surface area (Å²) in [6.07, 6.45) is 5.90. The molecule has 0 aromatic carbocycles. The first kappa shape index (κ1) is 12.4. The van der Waals surface area contributed by atoms with Gasteiger partial charge in [-0.05, 0) is 38.5 Å². The van der Waals surface area contributed by atoms with E-state index in [9.17, 15) is 0 Å². The summed E-state index contributed by atoms with van der Waals surface area (Å²) in [4.78, 5) is 0. The second-order valence-corrected chi connectivity index (χ2v) is 6.70. The average Bonchev–Trinajstić information content (AvgIpc) is 2.50. The molecule has 0 saturated carbocycles. The highest BCUT2D eigenvalue weighted by Crippen LogP contribution is 2.39. The van der Waals surface area contributed by atoms with Crippen molar-refractivity contribution in [2.45, 2.75) is 59.4 Å². The lowest BCUT2D eigenvalue weighted by atomic mass is 9.75. The summed E-state index contributed by atoms with van der Waals surface area (Å²) in [7, 11) is 0. The molecule has 0 aromatic heterocycles. The van der Waals surface area contributed by atoms with Gasteiger partial charge in [-0.3, -0.25) is 0 Å². The molecule has 2 rings (SSSR count). The van der Waals surface area contributed by atoms with Crippen LogP contribution in [0.5, 0.6) is 0 Å². The number of nitrogens with zero attached hydrogens (tertiary/aromatic N) is 1. The van der Waals surface area contributed by atoms with E-state index in [1.54, 1.807) is 0 Å². The summed E-state index contributed by atoms with van der Waals surface area (Å²) in [5, 5.41) is 0. The molecule has 2 aliphatic rings. The molecule has 1 heteroatoms. The molecule has 0 N–H and O–H groups in total. The highest BCUT2D eigenvalue weighted by Gasteiger charge is 2.46. The van der Waals surface area contributed by atoms with Crippen molar-refractivity contribution in [3.05, 3.63) is 0 Å². The molecule has 2 heterocycles. The molecule has 0 radical (unpaired) electrons. The minimum absolute atomic E-state index is 0.893. The maximum Gasteiger partial charge on any atom is 0.0890 e. The van der Waals surface area contributed by atoms with E-state index in [0.717, 1.165) is 23.8 Å². The Labute approximate surface area is 102 Å². The Hall–Kier alpha value is -0.0400. The number of quaternary nitrogens is 1. The van der Waals surface area contributed by atoms with Crippen molar-refractivity contribution in [1.29, 1.82) is 0 Å². The van der Waals surface area contributed by atoms with Crippen LogP contribution in [-0.4, -0.2) is 30.2 Å². The standard InChI is InChI=1S/C15H30N/c1-12-11-16(9-7-5-6-8-10-16)15(4)14(3)13(12)2/h12-15H,5-11H2,1-4H3/q+1. The van der Waals surface area contributed by atoms with Crippen molar-refractivity contribution in [3.8, 4) is 0 Å². The predicted octanol–water partition coefficient (Wildman–Crippen LogP) is 3.69. The van der Waals surface area contributed by atoms with E-state index in [1.807, 2.05) is 0 Å². The SMILES string of the molecule is CC1C[N+]2(CCCCCC2)C(C)C(C)C1C. The molecule has 0 aliphatic carbocycles. The first-order chi connectivity index (χ1) is 7.57. The fraction of sp³-hybridized carbons (Fsp3) is 1.00. The van der Waals surface area contributed by atoms with Gasteiger partial charge in [0.05, 0.1) is 25.7 Å². The normalized spacial score (nSPS) is 44.2. The van der Waals surface area contributed by atoms with Crippen LogP contribution in [0.4, 0.5) is 0 Å². The third-order valence-corrected chi connectivity index (χ3v) is 5.96. The summed E-state index contributed by atoms with van der Waals surface area (Å²) in [5.41, 5.74) is 0. The van der Waals surface area contributed by atoms with Crippen LogP contribution < -0.4 is 0 Å². The highest BCUT2D eigenvalue weighted by atomic mass is 15.4. The van der Waals surface area contributed by atoms with E-state index in [4.69, 9.17) is 0 Å². The number of hydrogen-bond donors (Lipinski definition) is 0. The summed E-state index contributed by atoms with van der Waals surface area (Å²) in [5.74, 6) is 2.74. The summed E-state index contributed by atoms with van der Waals surface area (Å²) in [6, 6.07) is 0.893. The lowest BCUT2D eigenvalue weighted by Gasteiger charge is -2.53. The molecule has 16 heavy (non-hydrogen) atoms. The zero-order valence-electron chi connectivity index (χ0n) is 11.7. The van der Waals surface area contributed by atoms with Gasteiger partial charge >= 0.3 is 0 Å². The van der Waals surface area contributed by atoms with Gasteiger partial charge in [0.15, 0.2) is 0 Å². The van der Waals surface area contributed by atoms with Crippen molar-refractivity contribution in [2.24, 2.45) is 17.8 Å². The van der Waals surface area contributed by atoms with Gasteiger partial charge in [-0.1, -0.05) is 20.8 Å². The van der Waals surface area contributed by atoms with Gasteiger partial charge in [-0.25, -0.2) is 0 Å². The fourth-order valence-electron chi connectivity index (χ4n) is 4.27. The zero-order valence-corrected chi connectivity index (χ0v) is 11.7. The van der Waals surface area contributed by atoms with E-state index in [0.29, 0.717) is 0 Å². The molecule has 2 fully saturated rings. The molecule has 0 amide bonds. The Morgan fingerprint density at radius 3 is 1.88 bits per heavy atom. The Morgan fingerprint density at radius 2 is 1.31 bits per heavy atom. The largest absolute Gasteiger partial charge is 0.321 e. The number of hydrogen-bond acceptors (Lipinski definition) is 0. The maximum atomic E-state index is 2.53. The third-order valence-electron chi connectivity index (χ3n) is 5.96. The predicted molar refractivity (Wildman–Crippen MR) is 70.3 cm³/mol. The minimum Gasteiger partial charge on any atom is -0.321 e. The molecule has 2 saturated heterocycles. The molecular formula is C15H30N+. The minimum atomic E-state index is 0.893. The van der Waals surface area contributed by atoms with Gasteiger partial charge in [0, 0.05) is 11.8 Å². The van der Waals surface area contributed by atoms with E-state index in [2.05, 4.69) is 27.7 Å². The van der Waals surface area contributed by atoms with Crippen LogP contribution in [0.25, 0.3) is 0 Å². The molecule has 4 atom stereocenters. The van der Waals surface area contributed by atoms with Crippen molar-refractivity contribution in [2.75, 3.05) is 19.6 Å². The van der Waals surface area contributed by atoms with Crippen molar-refractivity contribution in [1.82, 2.24) is 0 Å². The van der Waals surface area contributed by atoms with Crippen LogP contribution in [0, 0.1) is 17.8 Å². The monoisotopic (exact) mass is 224 g/mol. The number of piperidine rings is 1. The highest BCUT2D eigenvalue weighted by molar-refractivity contribution is 4.80. The topological polar surface area (TPSA) is 0 Å². The van der Waals surface area contributed by atoms with Gasteiger partial charge in [0.2, 0.25) is 0 Å². The van der Waals surface area contributed by atoms with Crippen LogP contribution >= 0.6 is 0 Å². The van der Waals surface area contributed by atoms with Crippen molar-refractivity contribution >= 4 is 0 Å². The van der Waals surface area contributed by atoms with Gasteiger partial charge in [-0.15, -0.1) is 0 Å². The molecular weight excluding hydrogens is 194 g/mol. The summed E-state index contributed by atoms with van der Waals surface area (Å²) in [6.45, 7) is 14.4. The van der Waals surface area contributed by atoms with E-state index < -0.39 is 0 Å². The second-order valence-electron chi connectivity index (χ2n) is 6.70. The van der Waals surface area contributed by atoms with Gasteiger partial charge in [-0.2, -0.15) is 0 Å². The van der Waals surface area contributed by atoms with Crippen LogP contribution in [0.15, 0.2) is 0 Å². The molecule has 94 valence electrons. The average molecular weight is 224 g/mol. The Morgan fingerprint density at radius 1 is 0.750 bits per heavy atom. The van der Waals surface area contributed by atoms with Crippen molar-refractivity contribution < 1.29 is 4.48 Å². The molecule has 0 aromatic rings. The number of rotatable bonds is 0. The van der Waals surface area contributed by atoms with Crippen LogP contribution in [0.1, 0.15) is 53.4 Å². The Balaban J connectivity index is 2.18. The second kappa shape index (κ2) is 4.68. The summed E-state index contributed by atoms with van der Waals surface area (Å²) < 4.78 is 1.45. The lowest BCUT2D eigenvalue weighted by molar-refractivity contribution is -0.961. The lowest BCUT2D eigenvalue weighted by Crippen LogP contribution is -2.64. The van der Waals surface area contributed by atoms with Crippen LogP contribution in [0.2, 0.25) is 0 Å². The molecule has 2 aliphatic heterocycles. The van der Waals surface area contributed by atoms with E-state index in [1.165, 1.54) is 49.8 Å². The van der Waals surface area contributed by atoms with Crippen LogP contribution in [0.3, 0.4) is 0 Å². The maximum absolute atomic E-state index is 2.53. The quantitative estimate of drug-likeness (QED) is 0.551. The molecule has 0 bridgehead atoms. The first-order valence-corrected chi connectivity index (χ1v) is 7.42. The van der Waals surface area contributed by atoms with Crippen LogP contribution in [-0.2, 0) is 0 Å². The van der Waals surface area contributed by atoms with Gasteiger partial charge < -0.3 is 4.48 Å². The first-order valence-electron chi connectivity index (χ1n) is 7.42. The molecule has 4 unspecified atom stereocenters. The molecule has 1 nitrogen and oxygen atoms in total. The fourth-order valence-corrected chi connectivity index (χ4v) is 4.27. The third kappa shape index (κ3) is 2.03. The Bertz CT molecular complexity index is 228. The van der Waals surface area contributed by atoms with E-state index in [-0.39, 0.29) is 0 Å². The smallest absolute Gasteiger partial charge is 0.0890 e. The zero-order chi connectivity index (χ0) is 11.8. The van der Waals surface area contributed by atoms with Gasteiger partial charge in [0.1, 0.15) is 0 Å². The molecule has 1 spiro atoms. The van der Waals surface area contributed by atoms with Gasteiger partial charge in [0.25, 0.3) is 0 Å². The summed E-state index contributed by atoms with van der Waals surface area (Å²) >= 11 is 0. The van der Waals surface area contributed by atoms with E-state index >= 15 is 0 Å².